The molecule has 1 aliphatic rings. The molecule has 2 aromatic rings. The van der Waals surface area contributed by atoms with Gasteiger partial charge in [-0.05, 0) is 54.7 Å². The van der Waals surface area contributed by atoms with Gasteiger partial charge in [-0.15, -0.1) is 12.4 Å². The van der Waals surface area contributed by atoms with Gasteiger partial charge in [0.1, 0.15) is 6.61 Å². The molecule has 1 amide bonds. The number of hydrogen-bond acceptors (Lipinski definition) is 6. The first kappa shape index (κ1) is 27.1. The summed E-state index contributed by atoms with van der Waals surface area (Å²) in [5.41, 5.74) is 10.4. The Balaban J connectivity index is 0.00000385. The molecule has 0 radical (unpaired) electrons. The third-order valence-electron chi connectivity index (χ3n) is 5.66. The van der Waals surface area contributed by atoms with Crippen molar-refractivity contribution >= 4 is 18.5 Å². The van der Waals surface area contributed by atoms with Crippen molar-refractivity contribution in [1.82, 2.24) is 21.3 Å². The van der Waals surface area contributed by atoms with Gasteiger partial charge in [-0.3, -0.25) is 0 Å². The van der Waals surface area contributed by atoms with Crippen molar-refractivity contribution in [2.45, 2.75) is 18.8 Å². The van der Waals surface area contributed by atoms with E-state index in [0.717, 1.165) is 58.7 Å². The standard InChI is InChI=1S/C25H37N5O2.ClH/c26-11-5-12-27-15-17-29-18-16-28-13-6-14-30-25(31)32-19-24-22-9-3-1-7-20(22)21-8-2-4-10-23(21)24;/h1-4,7-10,24,27-29H,5-6,11-19,26H2,(H,30,31);1H. The average molecular weight is 476 g/mol. The molecule has 3 rings (SSSR count). The summed E-state index contributed by atoms with van der Waals surface area (Å²) in [6.07, 6.45) is 1.53. The van der Waals surface area contributed by atoms with Crippen molar-refractivity contribution < 1.29 is 9.53 Å². The average Bonchev–Trinajstić information content (AvgIpc) is 3.14. The monoisotopic (exact) mass is 475 g/mol. The van der Waals surface area contributed by atoms with Crippen LogP contribution in [-0.2, 0) is 4.74 Å². The molecule has 0 bridgehead atoms. The SMILES string of the molecule is Cl.NCCCNCCNCCNCCCNC(=O)OCC1c2ccccc2-c2ccccc21. The van der Waals surface area contributed by atoms with Gasteiger partial charge >= 0.3 is 6.09 Å². The van der Waals surface area contributed by atoms with Gasteiger partial charge in [-0.1, -0.05) is 48.5 Å². The molecule has 0 unspecified atom stereocenters. The minimum Gasteiger partial charge on any atom is -0.449 e. The molecule has 0 heterocycles. The Hall–Kier alpha value is -2.16. The fourth-order valence-electron chi connectivity index (χ4n) is 4.01. The van der Waals surface area contributed by atoms with E-state index in [4.69, 9.17) is 10.5 Å². The number of amides is 1. The zero-order chi connectivity index (χ0) is 22.4. The molecule has 7 nitrogen and oxygen atoms in total. The Kier molecular flexibility index (Phi) is 12.8. The molecule has 0 atom stereocenters. The van der Waals surface area contributed by atoms with E-state index in [1.54, 1.807) is 0 Å². The van der Waals surface area contributed by atoms with E-state index < -0.39 is 0 Å². The summed E-state index contributed by atoms with van der Waals surface area (Å²) in [7, 11) is 0. The van der Waals surface area contributed by atoms with E-state index in [2.05, 4.69) is 57.7 Å². The lowest BCUT2D eigenvalue weighted by Gasteiger charge is -2.14. The number of alkyl carbamates (subject to hydrolysis) is 1. The summed E-state index contributed by atoms with van der Waals surface area (Å²) in [6, 6.07) is 16.7. The van der Waals surface area contributed by atoms with Crippen molar-refractivity contribution in [2.75, 3.05) is 59.0 Å². The summed E-state index contributed by atoms with van der Waals surface area (Å²) in [6.45, 7) is 7.28. The van der Waals surface area contributed by atoms with Crippen LogP contribution in [-0.4, -0.2) is 65.1 Å². The van der Waals surface area contributed by atoms with Crippen LogP contribution in [0.5, 0.6) is 0 Å². The van der Waals surface area contributed by atoms with E-state index in [0.29, 0.717) is 13.2 Å². The van der Waals surface area contributed by atoms with Crippen molar-refractivity contribution in [3.05, 3.63) is 59.7 Å². The van der Waals surface area contributed by atoms with Gasteiger partial charge < -0.3 is 31.7 Å². The number of carbonyl (C=O) groups is 1. The number of halogens is 1. The normalized spacial score (nSPS) is 12.0. The number of benzene rings is 2. The van der Waals surface area contributed by atoms with Crippen LogP contribution in [0.25, 0.3) is 11.1 Å². The van der Waals surface area contributed by atoms with Gasteiger partial charge in [0.15, 0.2) is 0 Å². The third-order valence-corrected chi connectivity index (χ3v) is 5.66. The maximum absolute atomic E-state index is 12.1. The molecule has 8 heteroatoms. The van der Waals surface area contributed by atoms with E-state index in [1.807, 2.05) is 12.1 Å². The second kappa shape index (κ2) is 15.6. The van der Waals surface area contributed by atoms with Gasteiger partial charge in [0, 0.05) is 38.6 Å². The minimum absolute atomic E-state index is 0. The maximum Gasteiger partial charge on any atom is 0.407 e. The summed E-state index contributed by atoms with van der Waals surface area (Å²) >= 11 is 0. The first-order chi connectivity index (χ1) is 15.8. The van der Waals surface area contributed by atoms with Crippen LogP contribution >= 0.6 is 12.4 Å². The van der Waals surface area contributed by atoms with E-state index in [-0.39, 0.29) is 24.4 Å². The number of carbonyl (C=O) groups excluding carboxylic acids is 1. The fraction of sp³-hybridized carbons (Fsp3) is 0.480. The first-order valence-corrected chi connectivity index (χ1v) is 11.7. The van der Waals surface area contributed by atoms with Crippen LogP contribution in [0.3, 0.4) is 0 Å². The Morgan fingerprint density at radius 1 is 0.758 bits per heavy atom. The Bertz CT molecular complexity index is 790. The highest BCUT2D eigenvalue weighted by Crippen LogP contribution is 2.44. The molecule has 0 aliphatic heterocycles. The molecule has 0 spiro atoms. The van der Waals surface area contributed by atoms with Crippen molar-refractivity contribution in [1.29, 1.82) is 0 Å². The largest absolute Gasteiger partial charge is 0.449 e. The molecular formula is C25H38ClN5O2. The third kappa shape index (κ3) is 8.61. The molecule has 0 fully saturated rings. The zero-order valence-corrected chi connectivity index (χ0v) is 20.1. The second-order valence-electron chi connectivity index (χ2n) is 8.00. The van der Waals surface area contributed by atoms with Gasteiger partial charge in [0.05, 0.1) is 0 Å². The fourth-order valence-corrected chi connectivity index (χ4v) is 4.01. The van der Waals surface area contributed by atoms with Crippen LogP contribution in [0, 0.1) is 0 Å². The number of hydrogen-bond donors (Lipinski definition) is 5. The second-order valence-corrected chi connectivity index (χ2v) is 8.00. The van der Waals surface area contributed by atoms with Crippen molar-refractivity contribution in [3.8, 4) is 11.1 Å². The molecule has 6 N–H and O–H groups in total. The van der Waals surface area contributed by atoms with Crippen LogP contribution in [0.15, 0.2) is 48.5 Å². The van der Waals surface area contributed by atoms with Crippen molar-refractivity contribution in [2.24, 2.45) is 5.73 Å². The van der Waals surface area contributed by atoms with E-state index in [9.17, 15) is 4.79 Å². The summed E-state index contributed by atoms with van der Waals surface area (Å²) in [5.74, 6) is 0.0955. The van der Waals surface area contributed by atoms with Gasteiger partial charge in [0.25, 0.3) is 0 Å². The molecule has 33 heavy (non-hydrogen) atoms. The highest BCUT2D eigenvalue weighted by Gasteiger charge is 2.28. The van der Waals surface area contributed by atoms with Crippen LogP contribution < -0.4 is 27.0 Å². The summed E-state index contributed by atoms with van der Waals surface area (Å²) in [5, 5.41) is 13.0. The van der Waals surface area contributed by atoms with Crippen LogP contribution in [0.1, 0.15) is 29.9 Å². The lowest BCUT2D eigenvalue weighted by molar-refractivity contribution is 0.143. The highest BCUT2D eigenvalue weighted by atomic mass is 35.5. The van der Waals surface area contributed by atoms with Gasteiger partial charge in [-0.2, -0.15) is 0 Å². The van der Waals surface area contributed by atoms with Crippen LogP contribution in [0.2, 0.25) is 0 Å². The van der Waals surface area contributed by atoms with Gasteiger partial charge in [-0.25, -0.2) is 4.79 Å². The quantitative estimate of drug-likeness (QED) is 0.254. The summed E-state index contributed by atoms with van der Waals surface area (Å²) < 4.78 is 5.55. The number of fused-ring (bicyclic) bond motifs is 3. The number of ether oxygens (including phenoxy) is 1. The molecule has 0 aromatic heterocycles. The van der Waals surface area contributed by atoms with Gasteiger partial charge in [0.2, 0.25) is 0 Å². The lowest BCUT2D eigenvalue weighted by atomic mass is 9.98. The Labute approximate surface area is 203 Å². The Morgan fingerprint density at radius 3 is 1.85 bits per heavy atom. The Morgan fingerprint density at radius 2 is 1.27 bits per heavy atom. The smallest absolute Gasteiger partial charge is 0.407 e. The number of nitrogens with two attached hydrogens (primary N) is 1. The highest BCUT2D eigenvalue weighted by molar-refractivity contribution is 5.85. The minimum atomic E-state index is -0.351. The van der Waals surface area contributed by atoms with Crippen LogP contribution in [0.4, 0.5) is 4.79 Å². The molecule has 0 saturated heterocycles. The van der Waals surface area contributed by atoms with E-state index >= 15 is 0 Å². The number of rotatable bonds is 15. The molecule has 0 saturated carbocycles. The summed E-state index contributed by atoms with van der Waals surface area (Å²) in [4.78, 5) is 12.1. The first-order valence-electron chi connectivity index (χ1n) is 11.7. The predicted molar refractivity (Wildman–Crippen MR) is 137 cm³/mol. The van der Waals surface area contributed by atoms with Crippen molar-refractivity contribution in [3.63, 3.8) is 0 Å². The molecule has 2 aromatic carbocycles. The predicted octanol–water partition coefficient (Wildman–Crippen LogP) is 2.45. The maximum atomic E-state index is 12.1. The zero-order valence-electron chi connectivity index (χ0n) is 19.3. The topological polar surface area (TPSA) is 100 Å². The lowest BCUT2D eigenvalue weighted by Crippen LogP contribution is -2.34. The number of nitrogens with one attached hydrogen (secondary N) is 4. The molecule has 182 valence electrons. The molecule has 1 aliphatic carbocycles. The van der Waals surface area contributed by atoms with E-state index in [1.165, 1.54) is 22.3 Å². The molecular weight excluding hydrogens is 438 g/mol.